The number of fused-ring (bicyclic) bond motifs is 1. The predicted octanol–water partition coefficient (Wildman–Crippen LogP) is 3.45. The summed E-state index contributed by atoms with van der Waals surface area (Å²) in [5.74, 6) is -0.367. The Bertz CT molecular complexity index is 839. The second-order valence-electron chi connectivity index (χ2n) is 5.20. The monoisotopic (exact) mass is 313 g/mol. The highest BCUT2D eigenvalue weighted by molar-refractivity contribution is 7.10. The van der Waals surface area contributed by atoms with Crippen molar-refractivity contribution in [2.24, 2.45) is 0 Å². The number of benzene rings is 1. The molecule has 0 radical (unpaired) electrons. The van der Waals surface area contributed by atoms with E-state index >= 15 is 0 Å². The van der Waals surface area contributed by atoms with Crippen molar-refractivity contribution in [2.75, 3.05) is 7.05 Å². The van der Waals surface area contributed by atoms with Gasteiger partial charge in [0.2, 0.25) is 0 Å². The van der Waals surface area contributed by atoms with Gasteiger partial charge in [0, 0.05) is 23.1 Å². The first kappa shape index (κ1) is 13.2. The molecule has 6 heteroatoms. The van der Waals surface area contributed by atoms with Crippen LogP contribution in [0.15, 0.2) is 41.8 Å². The molecule has 0 bridgehead atoms. The average molecular weight is 313 g/mol. The molecule has 4 rings (SSSR count). The van der Waals surface area contributed by atoms with Crippen molar-refractivity contribution < 1.29 is 9.18 Å². The number of amides is 1. The zero-order chi connectivity index (χ0) is 15.3. The smallest absolute Gasteiger partial charge is 0.272 e. The Hall–Kier alpha value is -2.47. The molecule has 1 amide bonds. The third-order valence-corrected chi connectivity index (χ3v) is 4.85. The Labute approximate surface area is 130 Å². The molecule has 0 saturated carbocycles. The first-order valence-electron chi connectivity index (χ1n) is 6.81. The van der Waals surface area contributed by atoms with Crippen molar-refractivity contribution in [3.63, 3.8) is 0 Å². The maximum atomic E-state index is 13.1. The molecule has 4 nitrogen and oxygen atoms in total. The van der Waals surface area contributed by atoms with Gasteiger partial charge in [-0.05, 0) is 35.7 Å². The van der Waals surface area contributed by atoms with Crippen molar-refractivity contribution in [2.45, 2.75) is 6.04 Å². The normalized spacial score (nSPS) is 17.1. The fraction of sp³-hybridized carbons (Fsp3) is 0.125. The Balaban J connectivity index is 1.90. The van der Waals surface area contributed by atoms with Gasteiger partial charge in [0.05, 0.1) is 11.7 Å². The van der Waals surface area contributed by atoms with Gasteiger partial charge in [0.15, 0.2) is 0 Å². The van der Waals surface area contributed by atoms with E-state index in [1.807, 2.05) is 17.5 Å². The van der Waals surface area contributed by atoms with Gasteiger partial charge < -0.3 is 4.90 Å². The van der Waals surface area contributed by atoms with Crippen LogP contribution in [-0.2, 0) is 0 Å². The number of nitrogens with zero attached hydrogens (tertiary/aromatic N) is 2. The van der Waals surface area contributed by atoms with Crippen LogP contribution in [0, 0.1) is 5.82 Å². The number of thiophene rings is 1. The maximum absolute atomic E-state index is 13.1. The first-order valence-corrected chi connectivity index (χ1v) is 7.69. The molecule has 3 aromatic rings. The highest BCUT2D eigenvalue weighted by atomic mass is 32.1. The predicted molar refractivity (Wildman–Crippen MR) is 82.2 cm³/mol. The van der Waals surface area contributed by atoms with Crippen LogP contribution in [0.1, 0.15) is 27.0 Å². The van der Waals surface area contributed by atoms with E-state index in [-0.39, 0.29) is 17.8 Å². The van der Waals surface area contributed by atoms with Crippen molar-refractivity contribution in [3.05, 3.63) is 63.7 Å². The van der Waals surface area contributed by atoms with E-state index in [0.29, 0.717) is 11.4 Å². The molecule has 0 fully saturated rings. The molecule has 1 N–H and O–H groups in total. The molecule has 1 atom stereocenters. The lowest BCUT2D eigenvalue weighted by Crippen LogP contribution is -2.24. The number of halogens is 1. The highest BCUT2D eigenvalue weighted by Gasteiger charge is 2.40. The fourth-order valence-electron chi connectivity index (χ4n) is 2.87. The number of nitrogens with one attached hydrogen (secondary N) is 1. The van der Waals surface area contributed by atoms with Crippen LogP contribution in [0.2, 0.25) is 0 Å². The minimum Gasteiger partial charge on any atom is -0.328 e. The first-order chi connectivity index (χ1) is 10.7. The molecule has 110 valence electrons. The largest absolute Gasteiger partial charge is 0.328 e. The average Bonchev–Trinajstić information content (AvgIpc) is 3.21. The van der Waals surface area contributed by atoms with Crippen LogP contribution in [0.25, 0.3) is 11.3 Å². The molecule has 1 aliphatic heterocycles. The number of H-pyrrole nitrogens is 1. The molecule has 2 aromatic heterocycles. The van der Waals surface area contributed by atoms with Gasteiger partial charge in [0.1, 0.15) is 11.5 Å². The Kier molecular flexibility index (Phi) is 2.87. The van der Waals surface area contributed by atoms with Crippen molar-refractivity contribution in [3.8, 4) is 11.3 Å². The van der Waals surface area contributed by atoms with E-state index < -0.39 is 0 Å². The molecule has 0 saturated heterocycles. The summed E-state index contributed by atoms with van der Waals surface area (Å²) in [6.45, 7) is 0. The number of hydrogen-bond donors (Lipinski definition) is 1. The van der Waals surface area contributed by atoms with E-state index in [1.165, 1.54) is 12.1 Å². The van der Waals surface area contributed by atoms with Crippen LogP contribution in [0.5, 0.6) is 0 Å². The molecule has 3 heterocycles. The summed E-state index contributed by atoms with van der Waals surface area (Å²) in [4.78, 5) is 15.2. The molecule has 1 aromatic carbocycles. The van der Waals surface area contributed by atoms with Gasteiger partial charge in [-0.25, -0.2) is 4.39 Å². The number of hydrogen-bond acceptors (Lipinski definition) is 3. The lowest BCUT2D eigenvalue weighted by atomic mass is 10.0. The standard InChI is InChI=1S/C16H12FN3OS/c1-20-15(11-3-2-8-22-11)12-13(18-19-14(12)16(20)21)9-4-6-10(17)7-5-9/h2-8,15H,1H3,(H,18,19)/t15-/m1/s1. The van der Waals surface area contributed by atoms with E-state index in [2.05, 4.69) is 10.2 Å². The molecule has 0 spiro atoms. The van der Waals surface area contributed by atoms with Crippen molar-refractivity contribution >= 4 is 17.2 Å². The lowest BCUT2D eigenvalue weighted by Gasteiger charge is -2.20. The quantitative estimate of drug-likeness (QED) is 0.788. The second-order valence-corrected chi connectivity index (χ2v) is 6.18. The highest BCUT2D eigenvalue weighted by Crippen LogP contribution is 2.43. The minimum atomic E-state index is -0.293. The number of aromatic nitrogens is 2. The third-order valence-electron chi connectivity index (χ3n) is 3.93. The van der Waals surface area contributed by atoms with E-state index in [0.717, 1.165) is 16.0 Å². The van der Waals surface area contributed by atoms with E-state index in [9.17, 15) is 9.18 Å². The summed E-state index contributed by atoms with van der Waals surface area (Å²) in [6, 6.07) is 9.99. The zero-order valence-corrected chi connectivity index (χ0v) is 12.5. The number of rotatable bonds is 2. The fourth-order valence-corrected chi connectivity index (χ4v) is 3.75. The SMILES string of the molecule is CN1C(=O)c2[nH]nc(-c3ccc(F)cc3)c2[C@H]1c1cccs1. The van der Waals surface area contributed by atoms with Crippen LogP contribution in [0.3, 0.4) is 0 Å². The van der Waals surface area contributed by atoms with Gasteiger partial charge in [-0.2, -0.15) is 5.10 Å². The number of aromatic amines is 1. The molecule has 0 aliphatic carbocycles. The van der Waals surface area contributed by atoms with Crippen LogP contribution in [0.4, 0.5) is 4.39 Å². The van der Waals surface area contributed by atoms with Gasteiger partial charge >= 0.3 is 0 Å². The third kappa shape index (κ3) is 1.80. The summed E-state index contributed by atoms with van der Waals surface area (Å²) >= 11 is 1.60. The summed E-state index contributed by atoms with van der Waals surface area (Å²) in [5.41, 5.74) is 2.87. The van der Waals surface area contributed by atoms with Crippen LogP contribution >= 0.6 is 11.3 Å². The molecule has 22 heavy (non-hydrogen) atoms. The van der Waals surface area contributed by atoms with Gasteiger partial charge in [-0.1, -0.05) is 6.07 Å². The topological polar surface area (TPSA) is 49.0 Å². The Morgan fingerprint density at radius 3 is 2.73 bits per heavy atom. The van der Waals surface area contributed by atoms with Crippen LogP contribution < -0.4 is 0 Å². The van der Waals surface area contributed by atoms with Crippen molar-refractivity contribution in [1.82, 2.24) is 15.1 Å². The molecule has 0 unspecified atom stereocenters. The molecular formula is C16H12FN3OS. The Morgan fingerprint density at radius 2 is 2.05 bits per heavy atom. The van der Waals surface area contributed by atoms with E-state index in [1.54, 1.807) is 35.4 Å². The van der Waals surface area contributed by atoms with Crippen LogP contribution in [-0.4, -0.2) is 28.1 Å². The van der Waals surface area contributed by atoms with Crippen molar-refractivity contribution in [1.29, 1.82) is 0 Å². The second kappa shape index (κ2) is 4.78. The summed E-state index contributed by atoms with van der Waals surface area (Å²) < 4.78 is 13.1. The zero-order valence-electron chi connectivity index (χ0n) is 11.7. The Morgan fingerprint density at radius 1 is 1.27 bits per heavy atom. The minimum absolute atomic E-state index is 0.0748. The van der Waals surface area contributed by atoms with E-state index in [4.69, 9.17) is 0 Å². The lowest BCUT2D eigenvalue weighted by molar-refractivity contribution is 0.0789. The molecular weight excluding hydrogens is 301 g/mol. The summed E-state index contributed by atoms with van der Waals surface area (Å²) in [6.07, 6.45) is 0. The molecule has 1 aliphatic rings. The van der Waals surface area contributed by atoms with Gasteiger partial charge in [-0.15, -0.1) is 11.3 Å². The summed E-state index contributed by atoms with van der Waals surface area (Å²) in [5, 5.41) is 9.12. The number of carbonyl (C=O) groups excluding carboxylic acids is 1. The van der Waals surface area contributed by atoms with Gasteiger partial charge in [-0.3, -0.25) is 9.89 Å². The number of carbonyl (C=O) groups is 1. The summed E-state index contributed by atoms with van der Waals surface area (Å²) in [7, 11) is 1.79. The maximum Gasteiger partial charge on any atom is 0.272 e. The van der Waals surface area contributed by atoms with Gasteiger partial charge in [0.25, 0.3) is 5.91 Å².